The van der Waals surface area contributed by atoms with E-state index in [1.54, 1.807) is 17.4 Å². The van der Waals surface area contributed by atoms with Gasteiger partial charge < -0.3 is 9.15 Å². The lowest BCUT2D eigenvalue weighted by atomic mass is 9.83. The predicted octanol–water partition coefficient (Wildman–Crippen LogP) is 7.18. The Morgan fingerprint density at radius 1 is 1.03 bits per heavy atom. The molecule has 0 radical (unpaired) electrons. The Bertz CT molecular complexity index is 1090. The van der Waals surface area contributed by atoms with E-state index in [2.05, 4.69) is 6.92 Å². The maximum atomic E-state index is 13.4. The van der Waals surface area contributed by atoms with Crippen LogP contribution in [0.15, 0.2) is 95.2 Å². The number of rotatable bonds is 9. The summed E-state index contributed by atoms with van der Waals surface area (Å²) in [5.74, 6) is 0.612. The van der Waals surface area contributed by atoms with Gasteiger partial charge in [-0.3, -0.25) is 9.69 Å². The van der Waals surface area contributed by atoms with Crippen LogP contribution in [-0.2, 0) is 16.1 Å². The smallest absolute Gasteiger partial charge is 0.414 e. The molecule has 0 bridgehead atoms. The number of furan rings is 1. The molecule has 1 aliphatic heterocycles. The largest absolute Gasteiger partial charge is 0.469 e. The van der Waals surface area contributed by atoms with Crippen molar-refractivity contribution >= 4 is 11.9 Å². The molecule has 1 aliphatic rings. The number of amides is 1. The molecule has 0 aliphatic carbocycles. The van der Waals surface area contributed by atoms with Crippen molar-refractivity contribution in [2.24, 2.45) is 0 Å². The first-order chi connectivity index (χ1) is 16.7. The molecule has 5 heteroatoms. The zero-order valence-corrected chi connectivity index (χ0v) is 19.6. The molecule has 0 spiro atoms. The molecule has 2 heterocycles. The highest BCUT2D eigenvalue weighted by molar-refractivity contribution is 5.99. The lowest BCUT2D eigenvalue weighted by Crippen LogP contribution is -2.37. The number of carbonyl (C=O) groups excluding carboxylic acids is 2. The highest BCUT2D eigenvalue weighted by atomic mass is 16.6. The van der Waals surface area contributed by atoms with Gasteiger partial charge in [0.1, 0.15) is 12.4 Å². The molecule has 1 amide bonds. The number of hydrogen-bond acceptors (Lipinski definition) is 4. The van der Waals surface area contributed by atoms with Crippen molar-refractivity contribution < 1.29 is 18.7 Å². The van der Waals surface area contributed by atoms with Gasteiger partial charge in [0, 0.05) is 24.1 Å². The molecule has 4 rings (SSSR count). The van der Waals surface area contributed by atoms with E-state index < -0.39 is 12.1 Å². The van der Waals surface area contributed by atoms with Crippen molar-refractivity contribution in [1.82, 2.24) is 4.90 Å². The maximum absolute atomic E-state index is 13.4. The summed E-state index contributed by atoms with van der Waals surface area (Å²) in [6.07, 6.45) is 7.02. The average Bonchev–Trinajstić information content (AvgIpc) is 3.41. The zero-order chi connectivity index (χ0) is 23.8. The van der Waals surface area contributed by atoms with E-state index in [0.29, 0.717) is 5.57 Å². The molecule has 2 atom stereocenters. The van der Waals surface area contributed by atoms with Gasteiger partial charge in [-0.25, -0.2) is 4.79 Å². The highest BCUT2D eigenvalue weighted by Crippen LogP contribution is 2.39. The van der Waals surface area contributed by atoms with E-state index in [-0.39, 0.29) is 24.7 Å². The molecular weight excluding hydrogens is 426 g/mol. The number of hydrogen-bond donors (Lipinski definition) is 0. The van der Waals surface area contributed by atoms with Gasteiger partial charge in [0.05, 0.1) is 12.3 Å². The molecule has 5 nitrogen and oxygen atoms in total. The SMILES string of the molecule is CCCCCC(C1=CN(C(=O)OCc2ccccc2)C(c2ccccc2)CC1=O)c1ccco1. The average molecular weight is 458 g/mol. The van der Waals surface area contributed by atoms with Gasteiger partial charge in [-0.1, -0.05) is 86.8 Å². The van der Waals surface area contributed by atoms with Crippen molar-refractivity contribution in [3.05, 3.63) is 108 Å². The number of ether oxygens (including phenoxy) is 1. The third-order valence-corrected chi connectivity index (χ3v) is 6.27. The number of nitrogens with zero attached hydrogens (tertiary/aromatic N) is 1. The van der Waals surface area contributed by atoms with Crippen LogP contribution in [-0.4, -0.2) is 16.8 Å². The molecule has 0 saturated heterocycles. The first-order valence-corrected chi connectivity index (χ1v) is 12.0. The van der Waals surface area contributed by atoms with E-state index in [1.165, 1.54) is 0 Å². The van der Waals surface area contributed by atoms with E-state index in [4.69, 9.17) is 9.15 Å². The number of carbonyl (C=O) groups is 2. The topological polar surface area (TPSA) is 59.8 Å². The predicted molar refractivity (Wildman–Crippen MR) is 131 cm³/mol. The van der Waals surface area contributed by atoms with Crippen molar-refractivity contribution in [1.29, 1.82) is 0 Å². The Kier molecular flexibility index (Phi) is 7.97. The van der Waals surface area contributed by atoms with Crippen molar-refractivity contribution in [2.75, 3.05) is 0 Å². The summed E-state index contributed by atoms with van der Waals surface area (Å²) in [4.78, 5) is 28.3. The summed E-state index contributed by atoms with van der Waals surface area (Å²) in [6.45, 7) is 2.33. The maximum Gasteiger partial charge on any atom is 0.414 e. The standard InChI is InChI=1S/C29H31NO4/c1-2-3-6-16-24(28-17-11-18-33-28)25-20-30(29(32)34-21-22-12-7-4-8-13-22)26(19-27(25)31)23-14-9-5-10-15-23/h4-5,7-15,17-18,20,24,26H,2-3,6,16,19,21H2,1H3. The molecule has 2 unspecified atom stereocenters. The molecule has 176 valence electrons. The number of allylic oxidation sites excluding steroid dienone is 1. The van der Waals surface area contributed by atoms with Gasteiger partial charge >= 0.3 is 6.09 Å². The summed E-state index contributed by atoms with van der Waals surface area (Å²) >= 11 is 0. The van der Waals surface area contributed by atoms with Crippen LogP contribution in [0.5, 0.6) is 0 Å². The Balaban J connectivity index is 1.65. The summed E-state index contributed by atoms with van der Waals surface area (Å²) in [5, 5.41) is 0. The number of benzene rings is 2. The Hall–Kier alpha value is -3.60. The van der Waals surface area contributed by atoms with E-state index in [1.807, 2.05) is 72.8 Å². The van der Waals surface area contributed by atoms with Crippen LogP contribution in [0.3, 0.4) is 0 Å². The van der Waals surface area contributed by atoms with Gasteiger partial charge in [-0.05, 0) is 29.7 Å². The van der Waals surface area contributed by atoms with Gasteiger partial charge in [0.2, 0.25) is 0 Å². The van der Waals surface area contributed by atoms with Crippen molar-refractivity contribution in [2.45, 2.75) is 57.6 Å². The van der Waals surface area contributed by atoms with Crippen LogP contribution in [0.25, 0.3) is 0 Å². The van der Waals surface area contributed by atoms with E-state index in [0.717, 1.165) is 42.6 Å². The summed E-state index contributed by atoms with van der Waals surface area (Å²) in [5.41, 5.74) is 2.43. The van der Waals surface area contributed by atoms with Crippen molar-refractivity contribution in [3.63, 3.8) is 0 Å². The first kappa shape index (κ1) is 23.6. The molecule has 1 aromatic heterocycles. The van der Waals surface area contributed by atoms with Crippen molar-refractivity contribution in [3.8, 4) is 0 Å². The van der Waals surface area contributed by atoms with Crippen LogP contribution in [0, 0.1) is 0 Å². The fourth-order valence-electron chi connectivity index (χ4n) is 4.45. The van der Waals surface area contributed by atoms with Gasteiger partial charge in [-0.2, -0.15) is 0 Å². The van der Waals surface area contributed by atoms with Crippen LogP contribution in [0.2, 0.25) is 0 Å². The minimum absolute atomic E-state index is 0.0406. The van der Waals surface area contributed by atoms with Gasteiger partial charge in [0.15, 0.2) is 5.78 Å². The van der Waals surface area contributed by atoms with Crippen LogP contribution >= 0.6 is 0 Å². The molecular formula is C29H31NO4. The van der Waals surface area contributed by atoms with Crippen LogP contribution in [0.1, 0.15) is 67.9 Å². The third-order valence-electron chi connectivity index (χ3n) is 6.27. The molecule has 2 aromatic carbocycles. The second kappa shape index (κ2) is 11.5. The molecule has 34 heavy (non-hydrogen) atoms. The van der Waals surface area contributed by atoms with E-state index in [9.17, 15) is 9.59 Å². The number of Topliss-reactive ketones (excluding diaryl/α,β-unsaturated/α-hetero) is 1. The Morgan fingerprint density at radius 3 is 2.44 bits per heavy atom. The Morgan fingerprint density at radius 2 is 1.76 bits per heavy atom. The normalized spacial score (nSPS) is 16.7. The third kappa shape index (κ3) is 5.66. The number of unbranched alkanes of at least 4 members (excludes halogenated alkanes) is 2. The van der Waals surface area contributed by atoms with E-state index >= 15 is 0 Å². The molecule has 0 N–H and O–H groups in total. The zero-order valence-electron chi connectivity index (χ0n) is 19.6. The second-order valence-corrected chi connectivity index (χ2v) is 8.65. The number of ketones is 1. The van der Waals surface area contributed by atoms with Gasteiger partial charge in [-0.15, -0.1) is 0 Å². The molecule has 0 saturated carbocycles. The summed E-state index contributed by atoms with van der Waals surface area (Å²) in [7, 11) is 0. The molecule has 0 fully saturated rings. The minimum atomic E-state index is -0.463. The lowest BCUT2D eigenvalue weighted by Gasteiger charge is -2.34. The Labute approximate surface area is 201 Å². The highest BCUT2D eigenvalue weighted by Gasteiger charge is 2.37. The lowest BCUT2D eigenvalue weighted by molar-refractivity contribution is -0.117. The summed E-state index contributed by atoms with van der Waals surface area (Å²) < 4.78 is 11.4. The van der Waals surface area contributed by atoms with Crippen LogP contribution < -0.4 is 0 Å². The monoisotopic (exact) mass is 457 g/mol. The fraction of sp³-hybridized carbons (Fsp3) is 0.310. The fourth-order valence-corrected chi connectivity index (χ4v) is 4.45. The van der Waals surface area contributed by atoms with Crippen LogP contribution in [0.4, 0.5) is 4.79 Å². The van der Waals surface area contributed by atoms with Gasteiger partial charge in [0.25, 0.3) is 0 Å². The molecule has 3 aromatic rings. The second-order valence-electron chi connectivity index (χ2n) is 8.65. The summed E-state index contributed by atoms with van der Waals surface area (Å²) in [6, 6.07) is 22.6. The minimum Gasteiger partial charge on any atom is -0.469 e. The quantitative estimate of drug-likeness (QED) is 0.319. The first-order valence-electron chi connectivity index (χ1n) is 12.0.